The fraction of sp³-hybridized carbons (Fsp3) is 0.387. The van der Waals surface area contributed by atoms with Crippen molar-refractivity contribution in [2.24, 2.45) is 5.92 Å². The molecule has 220 valence electrons. The number of aliphatic hydroxyl groups is 1. The molecule has 41 heavy (non-hydrogen) atoms. The number of methoxy groups -OCH3 is 1. The summed E-state index contributed by atoms with van der Waals surface area (Å²) in [4.78, 5) is 11.2. The molecule has 0 aromatic heterocycles. The van der Waals surface area contributed by atoms with Crippen LogP contribution < -0.4 is 10.1 Å². The lowest BCUT2D eigenvalue weighted by Crippen LogP contribution is -2.47. The molecule has 1 unspecified atom stereocenters. The first-order valence-electron chi connectivity index (χ1n) is 13.5. The van der Waals surface area contributed by atoms with E-state index < -0.39 is 27.9 Å². The summed E-state index contributed by atoms with van der Waals surface area (Å²) in [5, 5.41) is 23.5. The van der Waals surface area contributed by atoms with Gasteiger partial charge in [-0.2, -0.15) is 4.31 Å². The summed E-state index contributed by atoms with van der Waals surface area (Å²) in [5.74, 6) is -1.49. The van der Waals surface area contributed by atoms with E-state index >= 15 is 0 Å². The maximum Gasteiger partial charge on any atom is 0.335 e. The zero-order valence-electron chi connectivity index (χ0n) is 23.7. The van der Waals surface area contributed by atoms with Crippen molar-refractivity contribution < 1.29 is 32.6 Å². The Balaban J connectivity index is 1.43. The maximum absolute atomic E-state index is 14.1. The molecule has 0 fully saturated rings. The number of hydrogen-bond donors (Lipinski definition) is 3. The molecule has 0 bridgehead atoms. The number of carboxylic acid groups (broad SMARTS) is 1. The van der Waals surface area contributed by atoms with Crippen LogP contribution in [0.5, 0.6) is 5.75 Å². The van der Waals surface area contributed by atoms with Gasteiger partial charge in [0.05, 0.1) is 18.8 Å². The Kier molecular flexibility index (Phi) is 9.18. The van der Waals surface area contributed by atoms with Gasteiger partial charge in [-0.1, -0.05) is 30.3 Å². The SMILES string of the molecule is COc1ccc(-c2cc(F)cc(C(=O)O)c2)cc1S(=O)(=O)N(C)CC(O)CNC(C)(C)CC1Cc2ccccc2C1. The molecule has 0 radical (unpaired) electrons. The normalized spacial score (nSPS) is 14.7. The van der Waals surface area contributed by atoms with Crippen molar-refractivity contribution in [3.8, 4) is 16.9 Å². The number of benzene rings is 3. The van der Waals surface area contributed by atoms with Crippen molar-refractivity contribution in [2.45, 2.75) is 49.6 Å². The van der Waals surface area contributed by atoms with Gasteiger partial charge in [0.25, 0.3) is 0 Å². The lowest BCUT2D eigenvalue weighted by atomic mass is 9.88. The molecule has 0 heterocycles. The molecule has 3 aromatic rings. The highest BCUT2D eigenvalue weighted by atomic mass is 32.2. The molecule has 1 aliphatic rings. The van der Waals surface area contributed by atoms with Gasteiger partial charge in [-0.25, -0.2) is 17.6 Å². The predicted octanol–water partition coefficient (Wildman–Crippen LogP) is 4.35. The fourth-order valence-corrected chi connectivity index (χ4v) is 6.93. The van der Waals surface area contributed by atoms with Gasteiger partial charge in [-0.05, 0) is 91.6 Å². The fourth-order valence-electron chi connectivity index (χ4n) is 5.55. The third kappa shape index (κ3) is 7.32. The second-order valence-corrected chi connectivity index (χ2v) is 13.4. The number of carbonyl (C=O) groups is 1. The van der Waals surface area contributed by atoms with Crippen LogP contribution in [0, 0.1) is 11.7 Å². The second-order valence-electron chi connectivity index (χ2n) is 11.4. The summed E-state index contributed by atoms with van der Waals surface area (Å²) in [6, 6.07) is 16.1. The molecule has 10 heteroatoms. The van der Waals surface area contributed by atoms with Gasteiger partial charge in [0.15, 0.2) is 0 Å². The molecule has 4 rings (SSSR count). The Morgan fingerprint density at radius 1 is 1.10 bits per heavy atom. The number of hydrogen-bond acceptors (Lipinski definition) is 6. The predicted molar refractivity (Wildman–Crippen MR) is 155 cm³/mol. The van der Waals surface area contributed by atoms with Crippen LogP contribution in [0.1, 0.15) is 41.8 Å². The van der Waals surface area contributed by atoms with E-state index in [9.17, 15) is 27.8 Å². The van der Waals surface area contributed by atoms with Crippen LogP contribution in [0.25, 0.3) is 11.1 Å². The number of carboxylic acids is 1. The van der Waals surface area contributed by atoms with Gasteiger partial charge >= 0.3 is 5.97 Å². The van der Waals surface area contributed by atoms with Gasteiger partial charge in [0, 0.05) is 25.7 Å². The zero-order valence-corrected chi connectivity index (χ0v) is 24.5. The lowest BCUT2D eigenvalue weighted by molar-refractivity contribution is 0.0696. The summed E-state index contributed by atoms with van der Waals surface area (Å²) in [5.41, 5.74) is 2.77. The number of aliphatic hydroxyl groups excluding tert-OH is 1. The number of nitrogens with zero attached hydrogens (tertiary/aromatic N) is 1. The highest BCUT2D eigenvalue weighted by Gasteiger charge is 2.30. The van der Waals surface area contributed by atoms with Crippen molar-refractivity contribution in [3.63, 3.8) is 0 Å². The molecular formula is C31H37FN2O6S. The molecule has 1 atom stereocenters. The molecule has 0 aliphatic heterocycles. The average molecular weight is 585 g/mol. The Labute approximate surface area is 240 Å². The minimum Gasteiger partial charge on any atom is -0.495 e. The quantitative estimate of drug-likeness (QED) is 0.290. The number of β-amino-alcohol motifs (C(OH)–C–C–N with tert-alkyl or cyclic N) is 1. The Morgan fingerprint density at radius 3 is 2.37 bits per heavy atom. The van der Waals surface area contributed by atoms with Gasteiger partial charge in [0.1, 0.15) is 16.5 Å². The Morgan fingerprint density at radius 2 is 1.76 bits per heavy atom. The molecule has 0 saturated heterocycles. The lowest BCUT2D eigenvalue weighted by Gasteiger charge is -2.31. The van der Waals surface area contributed by atoms with E-state index in [4.69, 9.17) is 4.74 Å². The van der Waals surface area contributed by atoms with E-state index in [1.165, 1.54) is 49.5 Å². The summed E-state index contributed by atoms with van der Waals surface area (Å²) in [7, 11) is -1.43. The van der Waals surface area contributed by atoms with Gasteiger partial charge < -0.3 is 20.3 Å². The number of nitrogens with one attached hydrogen (secondary N) is 1. The van der Waals surface area contributed by atoms with E-state index in [0.717, 1.165) is 35.7 Å². The summed E-state index contributed by atoms with van der Waals surface area (Å²) < 4.78 is 47.6. The van der Waals surface area contributed by atoms with E-state index in [1.807, 2.05) is 0 Å². The van der Waals surface area contributed by atoms with E-state index in [0.29, 0.717) is 11.5 Å². The number of fused-ring (bicyclic) bond motifs is 1. The second kappa shape index (κ2) is 12.3. The molecule has 0 saturated carbocycles. The standard InChI is InChI=1S/C31H37FN2O6S/c1-31(2,17-20-11-21-7-5-6-8-22(21)12-20)33-18-27(35)19-34(3)41(38,39)29-16-23(9-10-28(29)40-4)24-13-25(30(36)37)15-26(32)14-24/h5-10,13-16,20,27,33,35H,11-12,17-19H2,1-4H3,(H,36,37). The molecule has 1 aliphatic carbocycles. The molecule has 8 nitrogen and oxygen atoms in total. The topological polar surface area (TPSA) is 116 Å². The zero-order chi connectivity index (χ0) is 29.9. The van der Waals surface area contributed by atoms with Crippen molar-refractivity contribution in [1.29, 1.82) is 0 Å². The number of halogens is 1. The van der Waals surface area contributed by atoms with Crippen molar-refractivity contribution in [1.82, 2.24) is 9.62 Å². The summed E-state index contributed by atoms with van der Waals surface area (Å²) in [6.45, 7) is 4.20. The Bertz CT molecular complexity index is 1500. The number of rotatable bonds is 12. The van der Waals surface area contributed by atoms with Crippen molar-refractivity contribution in [3.05, 3.63) is 83.2 Å². The largest absolute Gasteiger partial charge is 0.495 e. The van der Waals surface area contributed by atoms with Crippen LogP contribution in [0.2, 0.25) is 0 Å². The first-order chi connectivity index (χ1) is 19.3. The molecule has 0 spiro atoms. The maximum atomic E-state index is 14.1. The van der Waals surface area contributed by atoms with E-state index in [2.05, 4.69) is 43.4 Å². The van der Waals surface area contributed by atoms with Crippen molar-refractivity contribution >= 4 is 16.0 Å². The molecule has 3 N–H and O–H groups in total. The van der Waals surface area contributed by atoms with E-state index in [1.54, 1.807) is 0 Å². The van der Waals surface area contributed by atoms with Crippen LogP contribution >= 0.6 is 0 Å². The van der Waals surface area contributed by atoms with Gasteiger partial charge in [0.2, 0.25) is 10.0 Å². The number of ether oxygens (including phenoxy) is 1. The summed E-state index contributed by atoms with van der Waals surface area (Å²) in [6.07, 6.45) is 1.99. The summed E-state index contributed by atoms with van der Waals surface area (Å²) >= 11 is 0. The van der Waals surface area contributed by atoms with E-state index in [-0.39, 0.29) is 40.4 Å². The monoisotopic (exact) mass is 584 g/mol. The van der Waals surface area contributed by atoms with Crippen LogP contribution in [0.15, 0.2) is 65.6 Å². The third-order valence-corrected chi connectivity index (χ3v) is 9.39. The smallest absolute Gasteiger partial charge is 0.335 e. The van der Waals surface area contributed by atoms with Crippen LogP contribution in [-0.4, -0.2) is 67.8 Å². The Hall–Kier alpha value is -3.31. The number of likely N-dealkylation sites (N-methyl/N-ethyl adjacent to an activating group) is 1. The molecule has 3 aromatic carbocycles. The van der Waals surface area contributed by atoms with Crippen molar-refractivity contribution in [2.75, 3.05) is 27.2 Å². The van der Waals surface area contributed by atoms with Crippen LogP contribution in [0.4, 0.5) is 4.39 Å². The first kappa shape index (κ1) is 30.6. The molecular weight excluding hydrogens is 547 g/mol. The highest BCUT2D eigenvalue weighted by Crippen LogP contribution is 2.33. The van der Waals surface area contributed by atoms with Gasteiger partial charge in [-0.15, -0.1) is 0 Å². The minimum absolute atomic E-state index is 0.0711. The van der Waals surface area contributed by atoms with Gasteiger partial charge in [-0.3, -0.25) is 0 Å². The van der Waals surface area contributed by atoms with Crippen LogP contribution in [-0.2, 0) is 22.9 Å². The first-order valence-corrected chi connectivity index (χ1v) is 14.9. The highest BCUT2D eigenvalue weighted by molar-refractivity contribution is 7.89. The number of sulfonamides is 1. The minimum atomic E-state index is -4.14. The third-order valence-electron chi connectivity index (χ3n) is 7.55. The average Bonchev–Trinajstić information content (AvgIpc) is 3.32. The molecule has 0 amide bonds. The van der Waals surface area contributed by atoms with Crippen LogP contribution in [0.3, 0.4) is 0 Å². The number of aromatic carboxylic acids is 1.